The van der Waals surface area contributed by atoms with Crippen LogP contribution >= 0.6 is 0 Å². The van der Waals surface area contributed by atoms with Gasteiger partial charge in [-0.3, -0.25) is 0 Å². The molecule has 1 heterocycles. The molecule has 0 amide bonds. The van der Waals surface area contributed by atoms with Crippen molar-refractivity contribution in [3.05, 3.63) is 243 Å². The highest BCUT2D eigenvalue weighted by molar-refractivity contribution is 6.20. The molecule has 0 spiro atoms. The Labute approximate surface area is 350 Å². The largest absolute Gasteiger partial charge is 0.310 e. The van der Waals surface area contributed by atoms with Crippen molar-refractivity contribution in [3.63, 3.8) is 0 Å². The molecule has 2 nitrogen and oxygen atoms in total. The molecule has 282 valence electrons. The van der Waals surface area contributed by atoms with Crippen LogP contribution in [0.15, 0.2) is 243 Å². The number of aromatic nitrogens is 1. The Morgan fingerprint density at radius 1 is 0.283 bits per heavy atom. The Kier molecular flexibility index (Phi) is 8.87. The van der Waals surface area contributed by atoms with Gasteiger partial charge in [-0.25, -0.2) is 0 Å². The molecule has 0 N–H and O–H groups in total. The monoisotopic (exact) mass is 764 g/mol. The fourth-order valence-electron chi connectivity index (χ4n) is 9.02. The number of anilines is 3. The van der Waals surface area contributed by atoms with Gasteiger partial charge in [0.1, 0.15) is 0 Å². The summed E-state index contributed by atoms with van der Waals surface area (Å²) < 4.78 is 2.42. The molecule has 0 saturated carbocycles. The third-order valence-corrected chi connectivity index (χ3v) is 11.8. The molecule has 11 aromatic rings. The average molecular weight is 765 g/mol. The minimum atomic E-state index is 1.09. The molecule has 0 aliphatic carbocycles. The molecule has 0 radical (unpaired) electrons. The molecule has 11 rings (SSSR count). The van der Waals surface area contributed by atoms with Gasteiger partial charge >= 0.3 is 0 Å². The number of hydrogen-bond acceptors (Lipinski definition) is 1. The number of nitrogens with zero attached hydrogens (tertiary/aromatic N) is 2. The van der Waals surface area contributed by atoms with E-state index in [1.54, 1.807) is 0 Å². The van der Waals surface area contributed by atoms with Gasteiger partial charge in [0.05, 0.1) is 11.0 Å². The SMILES string of the molecule is c1ccc(-c2ccc(N(c3ccc(-c4cccc5ccccc45)cc3)c3cccc(-c4cccc5c4c4c(-c6ccccc6)cccc4n5-c4ccccc4)c3)cc2)cc1. The maximum Gasteiger partial charge on any atom is 0.0547 e. The Morgan fingerprint density at radius 2 is 0.733 bits per heavy atom. The molecule has 0 fully saturated rings. The Bertz CT molecular complexity index is 3270. The lowest BCUT2D eigenvalue weighted by Gasteiger charge is -2.26. The second-order valence-corrected chi connectivity index (χ2v) is 15.3. The topological polar surface area (TPSA) is 8.17 Å². The molecule has 10 aromatic carbocycles. The maximum absolute atomic E-state index is 2.42. The maximum atomic E-state index is 2.42. The number of benzene rings is 10. The third kappa shape index (κ3) is 6.23. The molecule has 0 aliphatic heterocycles. The number of hydrogen-bond donors (Lipinski definition) is 0. The minimum absolute atomic E-state index is 1.09. The first-order valence-corrected chi connectivity index (χ1v) is 20.6. The summed E-state index contributed by atoms with van der Waals surface area (Å²) in [4.78, 5) is 2.38. The predicted octanol–water partition coefficient (Wildman–Crippen LogP) is 16.1. The van der Waals surface area contributed by atoms with E-state index < -0.39 is 0 Å². The van der Waals surface area contributed by atoms with E-state index in [1.807, 2.05) is 0 Å². The molecule has 60 heavy (non-hydrogen) atoms. The average Bonchev–Trinajstić information content (AvgIpc) is 3.68. The van der Waals surface area contributed by atoms with Crippen molar-refractivity contribution in [1.82, 2.24) is 4.57 Å². The smallest absolute Gasteiger partial charge is 0.0547 e. The zero-order valence-corrected chi connectivity index (χ0v) is 33.0. The normalized spacial score (nSPS) is 11.3. The summed E-state index contributed by atoms with van der Waals surface area (Å²) in [5.41, 5.74) is 16.4. The van der Waals surface area contributed by atoms with E-state index in [0.29, 0.717) is 0 Å². The lowest BCUT2D eigenvalue weighted by molar-refractivity contribution is 1.18. The van der Waals surface area contributed by atoms with E-state index in [9.17, 15) is 0 Å². The van der Waals surface area contributed by atoms with Crippen molar-refractivity contribution in [3.8, 4) is 50.2 Å². The van der Waals surface area contributed by atoms with Crippen LogP contribution in [0.5, 0.6) is 0 Å². The van der Waals surface area contributed by atoms with Crippen molar-refractivity contribution in [2.75, 3.05) is 4.90 Å². The fraction of sp³-hybridized carbons (Fsp3) is 0. The molecular formula is C58H40N2. The summed E-state index contributed by atoms with van der Waals surface area (Å²) >= 11 is 0. The van der Waals surface area contributed by atoms with Crippen molar-refractivity contribution in [2.45, 2.75) is 0 Å². The van der Waals surface area contributed by atoms with Crippen LogP contribution in [-0.2, 0) is 0 Å². The zero-order valence-electron chi connectivity index (χ0n) is 33.0. The summed E-state index contributed by atoms with van der Waals surface area (Å²) in [6, 6.07) is 87.8. The summed E-state index contributed by atoms with van der Waals surface area (Å²) in [7, 11) is 0. The number of fused-ring (bicyclic) bond motifs is 4. The highest BCUT2D eigenvalue weighted by Crippen LogP contribution is 2.45. The number of para-hydroxylation sites is 1. The van der Waals surface area contributed by atoms with Gasteiger partial charge < -0.3 is 9.47 Å². The van der Waals surface area contributed by atoms with E-state index in [1.165, 1.54) is 71.5 Å². The van der Waals surface area contributed by atoms with Crippen LogP contribution < -0.4 is 4.90 Å². The van der Waals surface area contributed by atoms with Gasteiger partial charge in [0.2, 0.25) is 0 Å². The minimum Gasteiger partial charge on any atom is -0.310 e. The molecule has 0 bridgehead atoms. The van der Waals surface area contributed by atoms with Gasteiger partial charge in [0.25, 0.3) is 0 Å². The van der Waals surface area contributed by atoms with Crippen LogP contribution in [0.25, 0.3) is 82.8 Å². The van der Waals surface area contributed by atoms with Crippen LogP contribution in [0.1, 0.15) is 0 Å². The van der Waals surface area contributed by atoms with E-state index in [-0.39, 0.29) is 0 Å². The molecule has 0 aliphatic rings. The summed E-state index contributed by atoms with van der Waals surface area (Å²) in [6.45, 7) is 0. The standard InChI is InChI=1S/C58H40N2/c1-4-16-41(17-5-1)42-32-36-48(37-33-42)59(49-38-34-45(35-39-49)52-27-13-21-43-20-10-11-26-51(43)52)50-25-12-22-46(40-50)54-29-15-31-56-58(54)57-53(44-18-6-2-7-19-44)28-14-30-55(57)60(56)47-23-8-3-9-24-47/h1-40H. The molecule has 0 saturated heterocycles. The predicted molar refractivity (Wildman–Crippen MR) is 255 cm³/mol. The highest BCUT2D eigenvalue weighted by Gasteiger charge is 2.21. The Balaban J connectivity index is 1.09. The fourth-order valence-corrected chi connectivity index (χ4v) is 9.02. The van der Waals surface area contributed by atoms with Crippen LogP contribution in [-0.4, -0.2) is 4.57 Å². The summed E-state index contributed by atoms with van der Waals surface area (Å²) in [5.74, 6) is 0. The highest BCUT2D eigenvalue weighted by atomic mass is 15.1. The van der Waals surface area contributed by atoms with Gasteiger partial charge in [-0.05, 0) is 116 Å². The van der Waals surface area contributed by atoms with E-state index in [2.05, 4.69) is 252 Å². The van der Waals surface area contributed by atoms with Gasteiger partial charge in [-0.1, -0.05) is 182 Å². The third-order valence-electron chi connectivity index (χ3n) is 11.8. The molecular weight excluding hydrogens is 725 g/mol. The quantitative estimate of drug-likeness (QED) is 0.150. The van der Waals surface area contributed by atoms with E-state index in [4.69, 9.17) is 0 Å². The number of rotatable bonds is 8. The lowest BCUT2D eigenvalue weighted by Crippen LogP contribution is -2.10. The van der Waals surface area contributed by atoms with Crippen LogP contribution in [0.3, 0.4) is 0 Å². The van der Waals surface area contributed by atoms with E-state index >= 15 is 0 Å². The molecule has 1 aromatic heterocycles. The van der Waals surface area contributed by atoms with E-state index in [0.717, 1.165) is 28.3 Å². The van der Waals surface area contributed by atoms with Crippen LogP contribution in [0, 0.1) is 0 Å². The van der Waals surface area contributed by atoms with Crippen molar-refractivity contribution in [2.24, 2.45) is 0 Å². The summed E-state index contributed by atoms with van der Waals surface area (Å²) in [6.07, 6.45) is 0. The molecule has 0 atom stereocenters. The Hall–Kier alpha value is -7.94. The first-order chi connectivity index (χ1) is 29.8. The van der Waals surface area contributed by atoms with Crippen molar-refractivity contribution >= 4 is 49.6 Å². The van der Waals surface area contributed by atoms with Crippen molar-refractivity contribution < 1.29 is 0 Å². The van der Waals surface area contributed by atoms with Crippen LogP contribution in [0.4, 0.5) is 17.1 Å². The second kappa shape index (κ2) is 15.1. The first-order valence-electron chi connectivity index (χ1n) is 20.6. The van der Waals surface area contributed by atoms with Crippen LogP contribution in [0.2, 0.25) is 0 Å². The zero-order chi connectivity index (χ0) is 39.8. The van der Waals surface area contributed by atoms with Gasteiger partial charge in [-0.2, -0.15) is 0 Å². The summed E-state index contributed by atoms with van der Waals surface area (Å²) in [5, 5.41) is 4.99. The van der Waals surface area contributed by atoms with Gasteiger partial charge in [-0.15, -0.1) is 0 Å². The Morgan fingerprint density at radius 3 is 1.40 bits per heavy atom. The first kappa shape index (κ1) is 35.2. The van der Waals surface area contributed by atoms with Gasteiger partial charge in [0, 0.05) is 33.5 Å². The molecule has 0 unspecified atom stereocenters. The molecule has 2 heteroatoms. The van der Waals surface area contributed by atoms with Crippen molar-refractivity contribution in [1.29, 1.82) is 0 Å². The second-order valence-electron chi connectivity index (χ2n) is 15.3. The van der Waals surface area contributed by atoms with Gasteiger partial charge in [0.15, 0.2) is 0 Å². The lowest BCUT2D eigenvalue weighted by atomic mass is 9.94.